The highest BCUT2D eigenvalue weighted by Gasteiger charge is 2.29. The van der Waals surface area contributed by atoms with Gasteiger partial charge in [0.05, 0.1) is 12.8 Å². The summed E-state index contributed by atoms with van der Waals surface area (Å²) in [7, 11) is -2.49. The number of hydrogen-bond donors (Lipinski definition) is 1. The van der Waals surface area contributed by atoms with E-state index in [0.29, 0.717) is 13.0 Å². The number of benzene rings is 2. The molecule has 30 heavy (non-hydrogen) atoms. The Morgan fingerprint density at radius 3 is 2.47 bits per heavy atom. The molecule has 1 N–H and O–H groups in total. The number of nitrogens with one attached hydrogen (secondary N) is 1. The number of hydrogen-bond acceptors (Lipinski definition) is 5. The number of halogens is 1. The van der Waals surface area contributed by atoms with Gasteiger partial charge < -0.3 is 10.1 Å². The average molecular weight is 449 g/mol. The molecule has 0 aliphatic rings. The number of nitrogens with zero attached hydrogens (tertiary/aromatic N) is 1. The zero-order valence-electron chi connectivity index (χ0n) is 16.2. The van der Waals surface area contributed by atoms with E-state index in [-0.39, 0.29) is 9.90 Å². The number of rotatable bonds is 9. The van der Waals surface area contributed by atoms with Crippen LogP contribution in [0.4, 0.5) is 10.1 Å². The molecule has 158 valence electrons. The first-order valence-corrected chi connectivity index (χ1v) is 11.4. The lowest BCUT2D eigenvalue weighted by Crippen LogP contribution is -2.41. The standard InChI is InChI=1S/C21H21FN2O4S2/c1-28-17-10-8-16(9-11-17)12-13-23-20(25)15-24(19-6-3-2-5-18(19)22)30(26,27)21-7-4-14-29-21/h2-11,14H,12-13,15H2,1H3,(H,23,25). The number of thiophene rings is 1. The lowest BCUT2D eigenvalue weighted by molar-refractivity contribution is -0.119. The zero-order valence-corrected chi connectivity index (χ0v) is 17.9. The van der Waals surface area contributed by atoms with E-state index in [1.165, 1.54) is 24.3 Å². The highest BCUT2D eigenvalue weighted by atomic mass is 32.2. The molecule has 3 rings (SSSR count). The molecule has 2 aromatic carbocycles. The van der Waals surface area contributed by atoms with Crippen LogP contribution in [0.5, 0.6) is 5.75 Å². The number of carbonyl (C=O) groups is 1. The Morgan fingerprint density at radius 2 is 1.83 bits per heavy atom. The Bertz CT molecular complexity index is 1080. The van der Waals surface area contributed by atoms with E-state index >= 15 is 0 Å². The number of carbonyl (C=O) groups excluding carboxylic acids is 1. The molecular weight excluding hydrogens is 427 g/mol. The maximum atomic E-state index is 14.4. The summed E-state index contributed by atoms with van der Waals surface area (Å²) in [5, 5.41) is 4.31. The quantitative estimate of drug-likeness (QED) is 0.544. The third kappa shape index (κ3) is 5.17. The van der Waals surface area contributed by atoms with Crippen molar-refractivity contribution in [3.05, 3.63) is 77.4 Å². The summed E-state index contributed by atoms with van der Waals surface area (Å²) in [5.41, 5.74) is 0.824. The highest BCUT2D eigenvalue weighted by molar-refractivity contribution is 7.94. The van der Waals surface area contributed by atoms with Crippen LogP contribution in [-0.4, -0.2) is 34.5 Å². The van der Waals surface area contributed by atoms with Crippen molar-refractivity contribution in [2.45, 2.75) is 10.6 Å². The maximum absolute atomic E-state index is 14.4. The van der Waals surface area contributed by atoms with Gasteiger partial charge >= 0.3 is 0 Å². The van der Waals surface area contributed by atoms with Crippen molar-refractivity contribution in [3.63, 3.8) is 0 Å². The molecule has 0 saturated heterocycles. The van der Waals surface area contributed by atoms with E-state index in [0.717, 1.165) is 33.0 Å². The van der Waals surface area contributed by atoms with E-state index < -0.39 is 28.3 Å². The molecule has 0 radical (unpaired) electrons. The van der Waals surface area contributed by atoms with Crippen molar-refractivity contribution >= 4 is 33.0 Å². The summed E-state index contributed by atoms with van der Waals surface area (Å²) in [6.07, 6.45) is 0.563. The first-order valence-electron chi connectivity index (χ1n) is 9.12. The molecule has 0 fully saturated rings. The van der Waals surface area contributed by atoms with Gasteiger partial charge in [-0.2, -0.15) is 0 Å². The largest absolute Gasteiger partial charge is 0.497 e. The summed E-state index contributed by atoms with van der Waals surface area (Å²) in [6, 6.07) is 15.9. The van der Waals surface area contributed by atoms with Gasteiger partial charge in [0.25, 0.3) is 10.0 Å². The highest BCUT2D eigenvalue weighted by Crippen LogP contribution is 2.28. The Labute approximate surface area is 179 Å². The summed E-state index contributed by atoms with van der Waals surface area (Å²) < 4.78 is 46.3. The van der Waals surface area contributed by atoms with Gasteiger partial charge in [0.1, 0.15) is 22.3 Å². The van der Waals surface area contributed by atoms with Gasteiger partial charge in [-0.05, 0) is 47.7 Å². The van der Waals surface area contributed by atoms with E-state index in [9.17, 15) is 17.6 Å². The van der Waals surface area contributed by atoms with Crippen LogP contribution in [0.2, 0.25) is 0 Å². The number of ether oxygens (including phenoxy) is 1. The molecule has 9 heteroatoms. The molecule has 0 spiro atoms. The maximum Gasteiger partial charge on any atom is 0.274 e. The normalized spacial score (nSPS) is 11.1. The minimum atomic E-state index is -4.08. The average Bonchev–Trinajstić information content (AvgIpc) is 3.29. The first kappa shape index (κ1) is 21.8. The number of methoxy groups -OCH3 is 1. The monoisotopic (exact) mass is 448 g/mol. The van der Waals surface area contributed by atoms with Gasteiger partial charge in [-0.1, -0.05) is 30.3 Å². The molecule has 1 aromatic heterocycles. The summed E-state index contributed by atoms with van der Waals surface area (Å²) in [4.78, 5) is 12.5. The van der Waals surface area contributed by atoms with E-state index in [1.54, 1.807) is 18.6 Å². The lowest BCUT2D eigenvalue weighted by Gasteiger charge is -2.23. The Balaban J connectivity index is 1.71. The number of para-hydroxylation sites is 1. The third-order valence-corrected chi connectivity index (χ3v) is 7.48. The van der Waals surface area contributed by atoms with E-state index in [4.69, 9.17) is 4.74 Å². The second-order valence-corrected chi connectivity index (χ2v) is 9.38. The van der Waals surface area contributed by atoms with Crippen molar-refractivity contribution in [1.82, 2.24) is 5.32 Å². The van der Waals surface area contributed by atoms with Gasteiger partial charge in [-0.15, -0.1) is 11.3 Å². The molecule has 3 aromatic rings. The smallest absolute Gasteiger partial charge is 0.274 e. The molecule has 0 aliphatic heterocycles. The van der Waals surface area contributed by atoms with Crippen LogP contribution in [-0.2, 0) is 21.2 Å². The van der Waals surface area contributed by atoms with Crippen molar-refractivity contribution in [1.29, 1.82) is 0 Å². The van der Waals surface area contributed by atoms with E-state index in [1.807, 2.05) is 24.3 Å². The van der Waals surface area contributed by atoms with Crippen LogP contribution < -0.4 is 14.4 Å². The predicted molar refractivity (Wildman–Crippen MR) is 115 cm³/mol. The second kappa shape index (κ2) is 9.73. The number of amides is 1. The third-order valence-electron chi connectivity index (χ3n) is 4.34. The van der Waals surface area contributed by atoms with Crippen molar-refractivity contribution in [2.24, 2.45) is 0 Å². The fourth-order valence-electron chi connectivity index (χ4n) is 2.80. The topological polar surface area (TPSA) is 75.7 Å². The van der Waals surface area contributed by atoms with Crippen LogP contribution in [0.3, 0.4) is 0 Å². The van der Waals surface area contributed by atoms with Gasteiger partial charge in [-0.25, -0.2) is 12.8 Å². The molecular formula is C21H21FN2O4S2. The van der Waals surface area contributed by atoms with Gasteiger partial charge in [-0.3, -0.25) is 9.10 Å². The van der Waals surface area contributed by atoms with Crippen LogP contribution in [0.25, 0.3) is 0 Å². The molecule has 0 aliphatic carbocycles. The summed E-state index contributed by atoms with van der Waals surface area (Å²) in [5.74, 6) is -0.502. The fourth-order valence-corrected chi connectivity index (χ4v) is 5.33. The predicted octanol–water partition coefficient (Wildman–Crippen LogP) is 3.45. The van der Waals surface area contributed by atoms with Crippen molar-refractivity contribution in [3.8, 4) is 5.75 Å². The van der Waals surface area contributed by atoms with Crippen LogP contribution >= 0.6 is 11.3 Å². The van der Waals surface area contributed by atoms with E-state index in [2.05, 4.69) is 5.32 Å². The van der Waals surface area contributed by atoms with Gasteiger partial charge in [0.15, 0.2) is 0 Å². The SMILES string of the molecule is COc1ccc(CCNC(=O)CN(c2ccccc2F)S(=O)(=O)c2cccs2)cc1. The molecule has 0 unspecified atom stereocenters. The molecule has 0 atom stereocenters. The Morgan fingerprint density at radius 1 is 1.10 bits per heavy atom. The van der Waals surface area contributed by atoms with Crippen LogP contribution in [0.15, 0.2) is 70.3 Å². The summed E-state index contributed by atoms with van der Waals surface area (Å²) >= 11 is 1.01. The molecule has 0 bridgehead atoms. The van der Waals surface area contributed by atoms with Gasteiger partial charge in [0.2, 0.25) is 5.91 Å². The molecule has 1 amide bonds. The van der Waals surface area contributed by atoms with Gasteiger partial charge in [0, 0.05) is 6.54 Å². The minimum absolute atomic E-state index is 0.0387. The van der Waals surface area contributed by atoms with Crippen molar-refractivity contribution < 1.29 is 22.3 Å². The Hall–Kier alpha value is -2.91. The fraction of sp³-hybridized carbons (Fsp3) is 0.190. The lowest BCUT2D eigenvalue weighted by atomic mass is 10.1. The van der Waals surface area contributed by atoms with Crippen molar-refractivity contribution in [2.75, 3.05) is 24.5 Å². The number of sulfonamides is 1. The summed E-state index contributed by atoms with van der Waals surface area (Å²) in [6.45, 7) is -0.209. The Kier molecular flexibility index (Phi) is 7.07. The zero-order chi connectivity index (χ0) is 21.6. The second-order valence-electron chi connectivity index (χ2n) is 6.34. The number of anilines is 1. The molecule has 0 saturated carbocycles. The molecule has 6 nitrogen and oxygen atoms in total. The molecule has 1 heterocycles. The minimum Gasteiger partial charge on any atom is -0.497 e. The van der Waals surface area contributed by atoms with Crippen LogP contribution in [0, 0.1) is 5.82 Å². The first-order chi connectivity index (χ1) is 14.4. The van der Waals surface area contributed by atoms with Crippen LogP contribution in [0.1, 0.15) is 5.56 Å².